The van der Waals surface area contributed by atoms with Crippen molar-refractivity contribution in [3.8, 4) is 17.1 Å². The van der Waals surface area contributed by atoms with Crippen LogP contribution in [0.4, 0.5) is 11.5 Å². The molecule has 18 heavy (non-hydrogen) atoms. The zero-order valence-corrected chi connectivity index (χ0v) is 9.97. The van der Waals surface area contributed by atoms with E-state index in [9.17, 15) is 10.1 Å². The zero-order chi connectivity index (χ0) is 13.3. The zero-order valence-electron chi connectivity index (χ0n) is 9.21. The van der Waals surface area contributed by atoms with Gasteiger partial charge in [0.15, 0.2) is 17.3 Å². The van der Waals surface area contributed by atoms with E-state index in [4.69, 9.17) is 26.6 Å². The maximum atomic E-state index is 10.7. The number of nitrogens with two attached hydrogens (primary N) is 1. The van der Waals surface area contributed by atoms with Crippen molar-refractivity contribution >= 4 is 23.1 Å². The first kappa shape index (κ1) is 12.2. The molecule has 2 rings (SSSR count). The van der Waals surface area contributed by atoms with Gasteiger partial charge in [-0.2, -0.15) is 0 Å². The van der Waals surface area contributed by atoms with E-state index in [-0.39, 0.29) is 28.0 Å². The number of methoxy groups -OCH3 is 1. The summed E-state index contributed by atoms with van der Waals surface area (Å²) in [4.78, 5) is 10.2. The van der Waals surface area contributed by atoms with Crippen molar-refractivity contribution in [1.82, 2.24) is 5.16 Å². The van der Waals surface area contributed by atoms with Crippen LogP contribution in [0.25, 0.3) is 11.3 Å². The van der Waals surface area contributed by atoms with E-state index in [1.54, 1.807) is 0 Å². The van der Waals surface area contributed by atoms with Gasteiger partial charge in [0, 0.05) is 11.6 Å². The molecule has 2 N–H and O–H groups in total. The number of hydrogen-bond donors (Lipinski definition) is 1. The minimum Gasteiger partial charge on any atom is -0.490 e. The fraction of sp³-hybridized carbons (Fsp3) is 0.100. The predicted octanol–water partition coefficient (Wildman–Crippen LogP) is 2.49. The van der Waals surface area contributed by atoms with Crippen molar-refractivity contribution in [2.75, 3.05) is 12.8 Å². The third-order valence-electron chi connectivity index (χ3n) is 2.30. The van der Waals surface area contributed by atoms with Gasteiger partial charge in [-0.1, -0.05) is 16.8 Å². The Morgan fingerprint density at radius 2 is 2.28 bits per heavy atom. The highest BCUT2D eigenvalue weighted by molar-refractivity contribution is 6.35. The predicted molar refractivity (Wildman–Crippen MR) is 64.6 cm³/mol. The molecule has 0 saturated carbocycles. The summed E-state index contributed by atoms with van der Waals surface area (Å²) >= 11 is 5.89. The highest BCUT2D eigenvalue weighted by Crippen LogP contribution is 2.36. The van der Waals surface area contributed by atoms with Crippen LogP contribution < -0.4 is 10.5 Å². The summed E-state index contributed by atoms with van der Waals surface area (Å²) in [6.07, 6.45) is 0. The molecular weight excluding hydrogens is 262 g/mol. The van der Waals surface area contributed by atoms with E-state index >= 15 is 0 Å². The van der Waals surface area contributed by atoms with E-state index in [2.05, 4.69) is 5.16 Å². The summed E-state index contributed by atoms with van der Waals surface area (Å²) in [5.41, 5.74) is 5.79. The molecular formula is C10H8ClN3O4. The van der Waals surface area contributed by atoms with Crippen LogP contribution in [0.15, 0.2) is 22.7 Å². The Hall–Kier alpha value is -2.28. The lowest BCUT2D eigenvalue weighted by atomic mass is 10.1. The highest BCUT2D eigenvalue weighted by atomic mass is 35.5. The van der Waals surface area contributed by atoms with Gasteiger partial charge in [-0.15, -0.1) is 0 Å². The number of aromatic nitrogens is 1. The van der Waals surface area contributed by atoms with Crippen molar-refractivity contribution in [2.24, 2.45) is 0 Å². The second-order valence-electron chi connectivity index (χ2n) is 3.35. The van der Waals surface area contributed by atoms with Gasteiger partial charge in [-0.25, -0.2) is 0 Å². The summed E-state index contributed by atoms with van der Waals surface area (Å²) in [5.74, 6) is 0.398. The third kappa shape index (κ3) is 1.95. The van der Waals surface area contributed by atoms with Gasteiger partial charge in [0.05, 0.1) is 12.0 Å². The van der Waals surface area contributed by atoms with Crippen molar-refractivity contribution in [3.63, 3.8) is 0 Å². The summed E-state index contributed by atoms with van der Waals surface area (Å²) in [7, 11) is 1.34. The van der Waals surface area contributed by atoms with Gasteiger partial charge in [-0.05, 0) is 12.1 Å². The Labute approximate surface area is 106 Å². The number of nitro benzene ring substituents is 1. The van der Waals surface area contributed by atoms with Crippen molar-refractivity contribution < 1.29 is 14.2 Å². The molecule has 0 aliphatic carbocycles. The molecule has 1 heterocycles. The quantitative estimate of drug-likeness (QED) is 0.678. The number of ether oxygens (including phenoxy) is 1. The second kappa shape index (κ2) is 4.53. The molecule has 0 spiro atoms. The van der Waals surface area contributed by atoms with E-state index < -0.39 is 4.92 Å². The fourth-order valence-electron chi connectivity index (χ4n) is 1.44. The maximum Gasteiger partial charge on any atom is 0.310 e. The van der Waals surface area contributed by atoms with Gasteiger partial charge in [0.25, 0.3) is 0 Å². The van der Waals surface area contributed by atoms with Crippen molar-refractivity contribution in [1.29, 1.82) is 0 Å². The molecule has 0 saturated heterocycles. The molecule has 0 fully saturated rings. The standard InChI is InChI=1S/C10H8ClN3O4/c1-17-7-4-5(2-3-6(7)14(15)16)9-8(11)10(12)13-18-9/h2-4H,1H3,(H2,12,13). The normalized spacial score (nSPS) is 10.3. The molecule has 0 atom stereocenters. The lowest BCUT2D eigenvalue weighted by molar-refractivity contribution is -0.385. The number of nitrogen functional groups attached to an aromatic ring is 1. The number of halogens is 1. The molecule has 1 aromatic carbocycles. The molecule has 2 aromatic rings. The Kier molecular flexibility index (Phi) is 3.07. The summed E-state index contributed by atoms with van der Waals surface area (Å²) in [6, 6.07) is 4.21. The second-order valence-corrected chi connectivity index (χ2v) is 3.73. The van der Waals surface area contributed by atoms with E-state index in [0.29, 0.717) is 5.56 Å². The SMILES string of the molecule is COc1cc(-c2onc(N)c2Cl)ccc1[N+](=O)[O-]. The molecule has 1 aromatic heterocycles. The van der Waals surface area contributed by atoms with Gasteiger partial charge in [0.1, 0.15) is 5.02 Å². The number of anilines is 1. The first-order valence-corrected chi connectivity index (χ1v) is 5.16. The average molecular weight is 270 g/mol. The van der Waals surface area contributed by atoms with Crippen LogP contribution >= 0.6 is 11.6 Å². The van der Waals surface area contributed by atoms with E-state index in [1.807, 2.05) is 0 Å². The first-order valence-electron chi connectivity index (χ1n) is 4.78. The summed E-state index contributed by atoms with van der Waals surface area (Å²) in [5, 5.41) is 14.4. The molecule has 0 bridgehead atoms. The van der Waals surface area contributed by atoms with Crippen LogP contribution in [0.5, 0.6) is 5.75 Å². The molecule has 0 aliphatic rings. The van der Waals surface area contributed by atoms with Gasteiger partial charge < -0.3 is 15.0 Å². The number of nitro groups is 1. The number of benzene rings is 1. The molecule has 7 nitrogen and oxygen atoms in total. The van der Waals surface area contributed by atoms with Crippen molar-refractivity contribution in [2.45, 2.75) is 0 Å². The van der Waals surface area contributed by atoms with Crippen LogP contribution in [0.1, 0.15) is 0 Å². The van der Waals surface area contributed by atoms with E-state index in [1.165, 1.54) is 25.3 Å². The Morgan fingerprint density at radius 1 is 1.56 bits per heavy atom. The number of rotatable bonds is 3. The number of hydrogen-bond acceptors (Lipinski definition) is 6. The molecule has 94 valence electrons. The fourth-order valence-corrected chi connectivity index (χ4v) is 1.62. The Balaban J connectivity index is 2.54. The van der Waals surface area contributed by atoms with Crippen LogP contribution in [-0.2, 0) is 0 Å². The maximum absolute atomic E-state index is 10.7. The van der Waals surface area contributed by atoms with Crippen LogP contribution in [0, 0.1) is 10.1 Å². The Bertz CT molecular complexity index is 611. The summed E-state index contributed by atoms with van der Waals surface area (Å²) in [6.45, 7) is 0. The van der Waals surface area contributed by atoms with Gasteiger partial charge in [0.2, 0.25) is 0 Å². The lowest BCUT2D eigenvalue weighted by Crippen LogP contribution is -1.93. The topological polar surface area (TPSA) is 104 Å². The third-order valence-corrected chi connectivity index (χ3v) is 2.66. The van der Waals surface area contributed by atoms with Crippen LogP contribution in [-0.4, -0.2) is 17.2 Å². The first-order chi connectivity index (χ1) is 8.54. The average Bonchev–Trinajstić information content (AvgIpc) is 2.69. The van der Waals surface area contributed by atoms with Crippen LogP contribution in [0.3, 0.4) is 0 Å². The molecule has 0 radical (unpaired) electrons. The number of nitrogens with zero attached hydrogens (tertiary/aromatic N) is 2. The minimum atomic E-state index is -0.543. The smallest absolute Gasteiger partial charge is 0.310 e. The van der Waals surface area contributed by atoms with Gasteiger partial charge in [-0.3, -0.25) is 10.1 Å². The molecule has 8 heteroatoms. The van der Waals surface area contributed by atoms with Gasteiger partial charge >= 0.3 is 5.69 Å². The molecule has 0 unspecified atom stereocenters. The monoisotopic (exact) mass is 269 g/mol. The highest BCUT2D eigenvalue weighted by Gasteiger charge is 2.19. The Morgan fingerprint density at radius 3 is 2.78 bits per heavy atom. The van der Waals surface area contributed by atoms with Crippen LogP contribution in [0.2, 0.25) is 5.02 Å². The van der Waals surface area contributed by atoms with E-state index in [0.717, 1.165) is 0 Å². The largest absolute Gasteiger partial charge is 0.490 e. The minimum absolute atomic E-state index is 0.0592. The lowest BCUT2D eigenvalue weighted by Gasteiger charge is -2.03. The molecule has 0 amide bonds. The van der Waals surface area contributed by atoms with Crippen molar-refractivity contribution in [3.05, 3.63) is 33.3 Å². The summed E-state index contributed by atoms with van der Waals surface area (Å²) < 4.78 is 9.89. The molecule has 0 aliphatic heterocycles.